The summed E-state index contributed by atoms with van der Waals surface area (Å²) in [5.74, 6) is -1.47. The van der Waals surface area contributed by atoms with E-state index in [1.807, 2.05) is 13.8 Å². The highest BCUT2D eigenvalue weighted by Gasteiger charge is 2.21. The SMILES string of the molecule is COC(CNC(=O)[C@H](N)C(C)C)C(=O)O. The predicted octanol–water partition coefficient (Wildman–Crippen LogP) is -0.814. The number of ether oxygens (including phenoxy) is 1. The fraction of sp³-hybridized carbons (Fsp3) is 0.778. The maximum atomic E-state index is 11.3. The number of carboxylic acids is 1. The molecule has 4 N–H and O–H groups in total. The summed E-state index contributed by atoms with van der Waals surface area (Å²) in [5.41, 5.74) is 5.56. The highest BCUT2D eigenvalue weighted by molar-refractivity contribution is 5.82. The van der Waals surface area contributed by atoms with Gasteiger partial charge in [0, 0.05) is 7.11 Å². The van der Waals surface area contributed by atoms with E-state index in [1.54, 1.807) is 0 Å². The van der Waals surface area contributed by atoms with Gasteiger partial charge < -0.3 is 20.9 Å². The molecule has 0 aromatic carbocycles. The van der Waals surface area contributed by atoms with E-state index in [4.69, 9.17) is 10.8 Å². The maximum Gasteiger partial charge on any atom is 0.334 e. The minimum Gasteiger partial charge on any atom is -0.479 e. The molecule has 0 fully saturated rings. The van der Waals surface area contributed by atoms with Crippen molar-refractivity contribution in [3.05, 3.63) is 0 Å². The molecule has 0 radical (unpaired) electrons. The van der Waals surface area contributed by atoms with Crippen molar-refractivity contribution in [2.75, 3.05) is 13.7 Å². The largest absolute Gasteiger partial charge is 0.479 e. The Balaban J connectivity index is 4.04. The van der Waals surface area contributed by atoms with Crippen molar-refractivity contribution in [3.63, 3.8) is 0 Å². The number of rotatable bonds is 6. The molecule has 15 heavy (non-hydrogen) atoms. The Morgan fingerprint density at radius 3 is 2.33 bits per heavy atom. The van der Waals surface area contributed by atoms with E-state index in [0.29, 0.717) is 0 Å². The first kappa shape index (κ1) is 13.9. The minimum absolute atomic E-state index is 0.0100. The molecule has 0 heterocycles. The van der Waals surface area contributed by atoms with E-state index in [-0.39, 0.29) is 18.4 Å². The molecule has 0 aliphatic carbocycles. The molecule has 0 aliphatic rings. The van der Waals surface area contributed by atoms with Gasteiger partial charge >= 0.3 is 5.97 Å². The molecule has 6 heteroatoms. The number of amides is 1. The third-order valence-corrected chi connectivity index (χ3v) is 2.04. The number of methoxy groups -OCH3 is 1. The Hall–Kier alpha value is -1.14. The number of nitrogens with two attached hydrogens (primary N) is 1. The number of nitrogens with one attached hydrogen (secondary N) is 1. The van der Waals surface area contributed by atoms with Gasteiger partial charge in [0.1, 0.15) is 0 Å². The lowest BCUT2D eigenvalue weighted by atomic mass is 10.1. The van der Waals surface area contributed by atoms with Gasteiger partial charge in [-0.1, -0.05) is 13.8 Å². The summed E-state index contributed by atoms with van der Waals surface area (Å²) in [5, 5.41) is 11.1. The zero-order valence-electron chi connectivity index (χ0n) is 9.19. The van der Waals surface area contributed by atoms with Crippen LogP contribution < -0.4 is 11.1 Å². The lowest BCUT2D eigenvalue weighted by Crippen LogP contribution is -2.47. The van der Waals surface area contributed by atoms with Gasteiger partial charge in [0.15, 0.2) is 6.10 Å². The van der Waals surface area contributed by atoms with Gasteiger partial charge in [-0.3, -0.25) is 4.79 Å². The van der Waals surface area contributed by atoms with E-state index < -0.39 is 18.1 Å². The standard InChI is InChI=1S/C9H18N2O4/c1-5(2)7(10)8(12)11-4-6(15-3)9(13)14/h5-7H,4,10H2,1-3H3,(H,11,12)(H,13,14)/t6?,7-/m1/s1. The Kier molecular flexibility index (Phi) is 5.88. The van der Waals surface area contributed by atoms with Crippen molar-refractivity contribution in [1.82, 2.24) is 5.32 Å². The van der Waals surface area contributed by atoms with Gasteiger partial charge in [-0.25, -0.2) is 4.79 Å². The van der Waals surface area contributed by atoms with E-state index >= 15 is 0 Å². The van der Waals surface area contributed by atoms with Gasteiger partial charge in [0.05, 0.1) is 12.6 Å². The van der Waals surface area contributed by atoms with Crippen molar-refractivity contribution in [3.8, 4) is 0 Å². The van der Waals surface area contributed by atoms with Crippen LogP contribution in [0.1, 0.15) is 13.8 Å². The third kappa shape index (κ3) is 4.75. The molecular weight excluding hydrogens is 200 g/mol. The Labute approximate surface area is 88.8 Å². The summed E-state index contributed by atoms with van der Waals surface area (Å²) < 4.78 is 4.65. The molecule has 2 atom stereocenters. The normalized spacial score (nSPS) is 14.7. The average Bonchev–Trinajstić information content (AvgIpc) is 2.16. The Morgan fingerprint density at radius 1 is 1.47 bits per heavy atom. The molecule has 0 saturated heterocycles. The Morgan fingerprint density at radius 2 is 2.00 bits per heavy atom. The molecular formula is C9H18N2O4. The quantitative estimate of drug-likeness (QED) is 0.541. The molecule has 0 bridgehead atoms. The first-order valence-electron chi connectivity index (χ1n) is 4.69. The van der Waals surface area contributed by atoms with Crippen molar-refractivity contribution < 1.29 is 19.4 Å². The zero-order chi connectivity index (χ0) is 12.0. The van der Waals surface area contributed by atoms with Gasteiger partial charge in [0.2, 0.25) is 5.91 Å². The van der Waals surface area contributed by atoms with Crippen LogP contribution in [0.3, 0.4) is 0 Å². The predicted molar refractivity (Wildman–Crippen MR) is 54.3 cm³/mol. The molecule has 0 rings (SSSR count). The second kappa shape index (κ2) is 6.36. The van der Waals surface area contributed by atoms with Gasteiger partial charge in [-0.05, 0) is 5.92 Å². The van der Waals surface area contributed by atoms with Gasteiger partial charge in [-0.2, -0.15) is 0 Å². The molecule has 1 unspecified atom stereocenters. The number of carbonyl (C=O) groups is 2. The van der Waals surface area contributed by atoms with Crippen molar-refractivity contribution in [1.29, 1.82) is 0 Å². The maximum absolute atomic E-state index is 11.3. The highest BCUT2D eigenvalue weighted by atomic mass is 16.5. The molecule has 0 aliphatic heterocycles. The van der Waals surface area contributed by atoms with Crippen LogP contribution in [-0.2, 0) is 14.3 Å². The van der Waals surface area contributed by atoms with Crippen LogP contribution >= 0.6 is 0 Å². The second-order valence-electron chi connectivity index (χ2n) is 3.58. The summed E-state index contributed by atoms with van der Waals surface area (Å²) in [4.78, 5) is 21.9. The molecule has 6 nitrogen and oxygen atoms in total. The molecule has 0 aromatic heterocycles. The number of aliphatic carboxylic acids is 1. The fourth-order valence-electron chi connectivity index (χ4n) is 0.885. The number of carboxylic acid groups (broad SMARTS) is 1. The van der Waals surface area contributed by atoms with Crippen LogP contribution in [0.4, 0.5) is 0 Å². The van der Waals surface area contributed by atoms with E-state index in [0.717, 1.165) is 0 Å². The number of carbonyl (C=O) groups excluding carboxylic acids is 1. The Bertz CT molecular complexity index is 230. The summed E-state index contributed by atoms with van der Waals surface area (Å²) in [7, 11) is 1.27. The molecule has 88 valence electrons. The lowest BCUT2D eigenvalue weighted by molar-refractivity contribution is -0.148. The minimum atomic E-state index is -1.11. The fourth-order valence-corrected chi connectivity index (χ4v) is 0.885. The topological polar surface area (TPSA) is 102 Å². The molecule has 0 aromatic rings. The van der Waals surface area contributed by atoms with Crippen LogP contribution in [0.15, 0.2) is 0 Å². The summed E-state index contributed by atoms with van der Waals surface area (Å²) >= 11 is 0. The third-order valence-electron chi connectivity index (χ3n) is 2.04. The molecule has 1 amide bonds. The highest BCUT2D eigenvalue weighted by Crippen LogP contribution is 1.98. The van der Waals surface area contributed by atoms with E-state index in [1.165, 1.54) is 7.11 Å². The average molecular weight is 218 g/mol. The molecule has 0 saturated carbocycles. The van der Waals surface area contributed by atoms with Crippen LogP contribution in [0.2, 0.25) is 0 Å². The van der Waals surface area contributed by atoms with Gasteiger partial charge in [0.25, 0.3) is 0 Å². The van der Waals surface area contributed by atoms with Crippen LogP contribution in [0, 0.1) is 5.92 Å². The summed E-state index contributed by atoms with van der Waals surface area (Å²) in [6.07, 6.45) is -1.03. The van der Waals surface area contributed by atoms with Crippen molar-refractivity contribution >= 4 is 11.9 Å². The lowest BCUT2D eigenvalue weighted by Gasteiger charge is -2.17. The number of hydrogen-bond acceptors (Lipinski definition) is 4. The summed E-state index contributed by atoms with van der Waals surface area (Å²) in [6, 6.07) is -0.628. The first-order chi connectivity index (χ1) is 6.90. The van der Waals surface area contributed by atoms with E-state index in [9.17, 15) is 9.59 Å². The molecule has 0 spiro atoms. The van der Waals surface area contributed by atoms with Crippen molar-refractivity contribution in [2.45, 2.75) is 26.0 Å². The van der Waals surface area contributed by atoms with E-state index in [2.05, 4.69) is 10.1 Å². The van der Waals surface area contributed by atoms with Crippen LogP contribution in [0.25, 0.3) is 0 Å². The number of hydrogen-bond donors (Lipinski definition) is 3. The smallest absolute Gasteiger partial charge is 0.334 e. The first-order valence-corrected chi connectivity index (χ1v) is 4.69. The van der Waals surface area contributed by atoms with Crippen molar-refractivity contribution in [2.24, 2.45) is 11.7 Å². The van der Waals surface area contributed by atoms with Crippen LogP contribution in [0.5, 0.6) is 0 Å². The monoisotopic (exact) mass is 218 g/mol. The zero-order valence-corrected chi connectivity index (χ0v) is 9.19. The summed E-state index contributed by atoms with van der Waals surface area (Å²) in [6.45, 7) is 3.55. The second-order valence-corrected chi connectivity index (χ2v) is 3.58. The van der Waals surface area contributed by atoms with Crippen LogP contribution in [-0.4, -0.2) is 42.8 Å². The van der Waals surface area contributed by atoms with Gasteiger partial charge in [-0.15, -0.1) is 0 Å².